The van der Waals surface area contributed by atoms with Crippen LogP contribution in [0.2, 0.25) is 0 Å². The standard InChI is InChI=1S/C16H17N5O/c1-22-14-8-9-17-16(20-14)21-10-4-7-13(21)15-18-11-5-2-3-6-12(11)19-15/h2-3,5-6,8-9,13H,4,7,10H2,1H3,(H,18,19)/t13-/m1/s1. The molecule has 0 aliphatic carbocycles. The summed E-state index contributed by atoms with van der Waals surface area (Å²) in [6, 6.07) is 10.0. The zero-order chi connectivity index (χ0) is 14.9. The molecule has 1 aliphatic heterocycles. The van der Waals surface area contributed by atoms with E-state index < -0.39 is 0 Å². The zero-order valence-corrected chi connectivity index (χ0v) is 12.4. The van der Waals surface area contributed by atoms with E-state index in [1.165, 1.54) is 0 Å². The molecule has 1 fully saturated rings. The molecule has 0 bridgehead atoms. The Balaban J connectivity index is 1.70. The van der Waals surface area contributed by atoms with E-state index in [-0.39, 0.29) is 6.04 Å². The van der Waals surface area contributed by atoms with E-state index >= 15 is 0 Å². The number of nitrogens with one attached hydrogen (secondary N) is 1. The van der Waals surface area contributed by atoms with Crippen molar-refractivity contribution in [2.75, 3.05) is 18.6 Å². The fourth-order valence-corrected chi connectivity index (χ4v) is 3.01. The number of para-hydroxylation sites is 2. The summed E-state index contributed by atoms with van der Waals surface area (Å²) in [6.45, 7) is 0.925. The molecule has 0 saturated carbocycles. The Bertz CT molecular complexity index is 767. The number of benzene rings is 1. The first-order valence-electron chi connectivity index (χ1n) is 7.43. The second-order valence-corrected chi connectivity index (χ2v) is 5.39. The highest BCUT2D eigenvalue weighted by Crippen LogP contribution is 2.34. The lowest BCUT2D eigenvalue weighted by Gasteiger charge is -2.23. The second kappa shape index (κ2) is 5.29. The minimum atomic E-state index is 0.180. The van der Waals surface area contributed by atoms with Crippen molar-refractivity contribution in [3.05, 3.63) is 42.4 Å². The third-order valence-electron chi connectivity index (χ3n) is 4.06. The predicted molar refractivity (Wildman–Crippen MR) is 84.0 cm³/mol. The lowest BCUT2D eigenvalue weighted by atomic mass is 10.2. The highest BCUT2D eigenvalue weighted by molar-refractivity contribution is 5.75. The molecule has 0 unspecified atom stereocenters. The first-order chi connectivity index (χ1) is 10.8. The molecule has 0 amide bonds. The van der Waals surface area contributed by atoms with Crippen LogP contribution in [0.1, 0.15) is 24.7 Å². The SMILES string of the molecule is COc1ccnc(N2CCC[C@@H]2c2nc3ccccc3[nH]2)n1. The van der Waals surface area contributed by atoms with Gasteiger partial charge in [0, 0.05) is 18.8 Å². The number of fused-ring (bicyclic) bond motifs is 1. The Kier molecular flexibility index (Phi) is 3.14. The number of hydrogen-bond acceptors (Lipinski definition) is 5. The van der Waals surface area contributed by atoms with Gasteiger partial charge in [0.2, 0.25) is 11.8 Å². The minimum Gasteiger partial charge on any atom is -0.481 e. The lowest BCUT2D eigenvalue weighted by Crippen LogP contribution is -2.25. The van der Waals surface area contributed by atoms with E-state index in [0.29, 0.717) is 11.8 Å². The summed E-state index contributed by atoms with van der Waals surface area (Å²) in [5, 5.41) is 0. The van der Waals surface area contributed by atoms with Gasteiger partial charge >= 0.3 is 0 Å². The number of rotatable bonds is 3. The molecular formula is C16H17N5O. The van der Waals surface area contributed by atoms with Gasteiger partial charge < -0.3 is 14.6 Å². The van der Waals surface area contributed by atoms with Crippen LogP contribution in [0.5, 0.6) is 5.88 Å². The van der Waals surface area contributed by atoms with E-state index in [9.17, 15) is 0 Å². The molecule has 0 radical (unpaired) electrons. The van der Waals surface area contributed by atoms with Crippen molar-refractivity contribution >= 4 is 17.0 Å². The Morgan fingerprint density at radius 3 is 3.00 bits per heavy atom. The van der Waals surface area contributed by atoms with E-state index in [1.807, 2.05) is 24.3 Å². The lowest BCUT2D eigenvalue weighted by molar-refractivity contribution is 0.396. The Morgan fingerprint density at radius 1 is 1.23 bits per heavy atom. The Hall–Kier alpha value is -2.63. The third-order valence-corrected chi connectivity index (χ3v) is 4.06. The van der Waals surface area contributed by atoms with Crippen LogP contribution in [0.25, 0.3) is 11.0 Å². The number of H-pyrrole nitrogens is 1. The van der Waals surface area contributed by atoms with E-state index in [1.54, 1.807) is 19.4 Å². The smallest absolute Gasteiger partial charge is 0.229 e. The van der Waals surface area contributed by atoms with Gasteiger partial charge in [0.1, 0.15) is 5.82 Å². The van der Waals surface area contributed by atoms with Gasteiger partial charge in [-0.1, -0.05) is 12.1 Å². The van der Waals surface area contributed by atoms with Crippen molar-refractivity contribution in [3.63, 3.8) is 0 Å². The highest BCUT2D eigenvalue weighted by Gasteiger charge is 2.30. The molecule has 2 aromatic heterocycles. The van der Waals surface area contributed by atoms with Gasteiger partial charge in [-0.2, -0.15) is 4.98 Å². The number of imidazole rings is 1. The Labute approximate surface area is 128 Å². The summed E-state index contributed by atoms with van der Waals surface area (Å²) >= 11 is 0. The summed E-state index contributed by atoms with van der Waals surface area (Å²) in [5.41, 5.74) is 2.06. The molecule has 1 saturated heterocycles. The molecule has 6 nitrogen and oxygen atoms in total. The molecule has 1 atom stereocenters. The number of ether oxygens (including phenoxy) is 1. The van der Waals surface area contributed by atoms with E-state index in [2.05, 4.69) is 19.9 Å². The number of hydrogen-bond donors (Lipinski definition) is 1. The predicted octanol–water partition coefficient (Wildman–Crippen LogP) is 2.70. The van der Waals surface area contributed by atoms with Gasteiger partial charge in [-0.3, -0.25) is 0 Å². The fraction of sp³-hybridized carbons (Fsp3) is 0.312. The topological polar surface area (TPSA) is 66.9 Å². The second-order valence-electron chi connectivity index (χ2n) is 5.39. The summed E-state index contributed by atoms with van der Waals surface area (Å²) < 4.78 is 5.20. The van der Waals surface area contributed by atoms with Crippen LogP contribution in [-0.4, -0.2) is 33.6 Å². The summed E-state index contributed by atoms with van der Waals surface area (Å²) in [6.07, 6.45) is 3.87. The molecule has 3 heterocycles. The largest absolute Gasteiger partial charge is 0.481 e. The molecule has 6 heteroatoms. The van der Waals surface area contributed by atoms with Gasteiger partial charge in [-0.15, -0.1) is 0 Å². The Morgan fingerprint density at radius 2 is 2.14 bits per heavy atom. The van der Waals surface area contributed by atoms with Crippen LogP contribution in [0.4, 0.5) is 5.95 Å². The van der Waals surface area contributed by atoms with E-state index in [4.69, 9.17) is 9.72 Å². The van der Waals surface area contributed by atoms with Crippen molar-refractivity contribution < 1.29 is 4.74 Å². The van der Waals surface area contributed by atoms with E-state index in [0.717, 1.165) is 36.2 Å². The van der Waals surface area contributed by atoms with Gasteiger partial charge in [-0.25, -0.2) is 9.97 Å². The summed E-state index contributed by atoms with van der Waals surface area (Å²) in [4.78, 5) is 19.2. The van der Waals surface area contributed by atoms with Crippen LogP contribution in [0.3, 0.4) is 0 Å². The van der Waals surface area contributed by atoms with Gasteiger partial charge in [0.25, 0.3) is 0 Å². The molecule has 1 N–H and O–H groups in total. The van der Waals surface area contributed by atoms with Crippen LogP contribution in [-0.2, 0) is 0 Å². The number of aromatic nitrogens is 4. The molecule has 112 valence electrons. The third kappa shape index (κ3) is 2.16. The molecule has 1 aliphatic rings. The molecule has 0 spiro atoms. The quantitative estimate of drug-likeness (QED) is 0.804. The van der Waals surface area contributed by atoms with Crippen molar-refractivity contribution in [2.45, 2.75) is 18.9 Å². The average molecular weight is 295 g/mol. The van der Waals surface area contributed by atoms with Crippen LogP contribution < -0.4 is 9.64 Å². The highest BCUT2D eigenvalue weighted by atomic mass is 16.5. The fourth-order valence-electron chi connectivity index (χ4n) is 3.01. The maximum atomic E-state index is 5.20. The normalized spacial score (nSPS) is 18.0. The number of nitrogens with zero attached hydrogens (tertiary/aromatic N) is 4. The van der Waals surface area contributed by atoms with Gasteiger partial charge in [-0.05, 0) is 25.0 Å². The number of methoxy groups -OCH3 is 1. The average Bonchev–Trinajstić information content (AvgIpc) is 3.21. The summed E-state index contributed by atoms with van der Waals surface area (Å²) in [5.74, 6) is 2.26. The number of anilines is 1. The van der Waals surface area contributed by atoms with Crippen molar-refractivity contribution in [1.29, 1.82) is 0 Å². The first kappa shape index (κ1) is 13.1. The maximum absolute atomic E-state index is 5.20. The maximum Gasteiger partial charge on any atom is 0.229 e. The van der Waals surface area contributed by atoms with Crippen molar-refractivity contribution in [3.8, 4) is 5.88 Å². The minimum absolute atomic E-state index is 0.180. The number of aromatic amines is 1. The van der Waals surface area contributed by atoms with Gasteiger partial charge in [0.15, 0.2) is 0 Å². The molecule has 4 rings (SSSR count). The molecule has 22 heavy (non-hydrogen) atoms. The van der Waals surface area contributed by atoms with Crippen LogP contribution in [0.15, 0.2) is 36.5 Å². The molecular weight excluding hydrogens is 278 g/mol. The zero-order valence-electron chi connectivity index (χ0n) is 12.4. The van der Waals surface area contributed by atoms with Crippen molar-refractivity contribution in [2.24, 2.45) is 0 Å². The first-order valence-corrected chi connectivity index (χ1v) is 7.43. The van der Waals surface area contributed by atoms with Crippen LogP contribution >= 0.6 is 0 Å². The molecule has 1 aromatic carbocycles. The van der Waals surface area contributed by atoms with Gasteiger partial charge in [0.05, 0.1) is 24.2 Å². The molecule has 3 aromatic rings. The summed E-state index contributed by atoms with van der Waals surface area (Å²) in [7, 11) is 1.62. The van der Waals surface area contributed by atoms with Crippen molar-refractivity contribution in [1.82, 2.24) is 19.9 Å². The van der Waals surface area contributed by atoms with Crippen LogP contribution in [0, 0.1) is 0 Å². The monoisotopic (exact) mass is 295 g/mol.